The number of halogens is 1. The molecule has 1 unspecified atom stereocenters. The van der Waals surface area contributed by atoms with Crippen molar-refractivity contribution in [1.29, 1.82) is 0 Å². The maximum atomic E-state index is 13.1. The number of hydrogen-bond donors (Lipinski definition) is 1. The van der Waals surface area contributed by atoms with Gasteiger partial charge in [-0.2, -0.15) is 0 Å². The minimum Gasteiger partial charge on any atom is -0.312 e. The second kappa shape index (κ2) is 5.56. The molecule has 0 bridgehead atoms. The summed E-state index contributed by atoms with van der Waals surface area (Å²) in [5, 5.41) is 4.11. The Morgan fingerprint density at radius 2 is 2.11 bits per heavy atom. The maximum Gasteiger partial charge on any atom is 0.147 e. The third-order valence-electron chi connectivity index (χ3n) is 2.97. The fourth-order valence-corrected chi connectivity index (χ4v) is 3.86. The lowest BCUT2D eigenvalue weighted by molar-refractivity contribution is 0.565. The third kappa shape index (κ3) is 3.75. The summed E-state index contributed by atoms with van der Waals surface area (Å²) in [7, 11) is -1.17. The van der Waals surface area contributed by atoms with Gasteiger partial charge < -0.3 is 5.32 Å². The predicted molar refractivity (Wildman–Crippen MR) is 77.9 cm³/mol. The van der Waals surface area contributed by atoms with Crippen LogP contribution < -0.4 is 5.32 Å². The second-order valence-corrected chi connectivity index (χ2v) is 7.97. The molecule has 0 saturated carbocycles. The Morgan fingerprint density at radius 1 is 1.37 bits per heavy atom. The molecule has 0 fully saturated rings. The number of sulfone groups is 1. The SMILES string of the molecule is CNC(CCS(C)(=O)=O)c1cc2ccc(F)cc2s1. The summed E-state index contributed by atoms with van der Waals surface area (Å²) < 4.78 is 36.5. The van der Waals surface area contributed by atoms with Crippen LogP contribution in [-0.4, -0.2) is 27.5 Å². The normalized spacial score (nSPS) is 13.8. The first-order valence-corrected chi connectivity index (χ1v) is 8.81. The lowest BCUT2D eigenvalue weighted by Gasteiger charge is -2.13. The molecule has 19 heavy (non-hydrogen) atoms. The fourth-order valence-electron chi connectivity index (χ4n) is 1.96. The van der Waals surface area contributed by atoms with Gasteiger partial charge in [0.15, 0.2) is 0 Å². The van der Waals surface area contributed by atoms with Gasteiger partial charge in [0.2, 0.25) is 0 Å². The molecule has 3 nitrogen and oxygen atoms in total. The van der Waals surface area contributed by atoms with Crippen molar-refractivity contribution < 1.29 is 12.8 Å². The van der Waals surface area contributed by atoms with Gasteiger partial charge in [-0.25, -0.2) is 12.8 Å². The van der Waals surface area contributed by atoms with Crippen molar-refractivity contribution in [2.45, 2.75) is 12.5 Å². The van der Waals surface area contributed by atoms with Crippen molar-refractivity contribution in [2.75, 3.05) is 19.1 Å². The molecule has 2 rings (SSSR count). The maximum absolute atomic E-state index is 13.1. The number of fused-ring (bicyclic) bond motifs is 1. The van der Waals surface area contributed by atoms with Crippen LogP contribution in [0.4, 0.5) is 4.39 Å². The predicted octanol–water partition coefficient (Wildman–Crippen LogP) is 2.74. The zero-order valence-corrected chi connectivity index (χ0v) is 12.4. The van der Waals surface area contributed by atoms with Gasteiger partial charge in [-0.3, -0.25) is 0 Å². The van der Waals surface area contributed by atoms with E-state index in [1.807, 2.05) is 6.07 Å². The zero-order valence-electron chi connectivity index (χ0n) is 10.8. The van der Waals surface area contributed by atoms with Gasteiger partial charge >= 0.3 is 0 Å². The van der Waals surface area contributed by atoms with E-state index in [1.165, 1.54) is 29.7 Å². The van der Waals surface area contributed by atoms with Crippen LogP contribution in [0.15, 0.2) is 24.3 Å². The molecular formula is C13H16FNO2S2. The molecule has 1 N–H and O–H groups in total. The average Bonchev–Trinajstić information content (AvgIpc) is 2.71. The topological polar surface area (TPSA) is 46.2 Å². The molecule has 0 aliphatic heterocycles. The first kappa shape index (κ1) is 14.4. The summed E-state index contributed by atoms with van der Waals surface area (Å²) in [6.45, 7) is 0. The molecule has 0 spiro atoms. The number of rotatable bonds is 5. The summed E-state index contributed by atoms with van der Waals surface area (Å²) in [6.07, 6.45) is 1.75. The Kier molecular flexibility index (Phi) is 4.23. The van der Waals surface area contributed by atoms with Crippen molar-refractivity contribution in [3.8, 4) is 0 Å². The van der Waals surface area contributed by atoms with E-state index < -0.39 is 9.84 Å². The van der Waals surface area contributed by atoms with E-state index in [0.717, 1.165) is 15.0 Å². The van der Waals surface area contributed by atoms with E-state index in [1.54, 1.807) is 13.1 Å². The summed E-state index contributed by atoms with van der Waals surface area (Å²) >= 11 is 1.50. The van der Waals surface area contributed by atoms with E-state index in [4.69, 9.17) is 0 Å². The minimum absolute atomic E-state index is 0.0183. The minimum atomic E-state index is -2.97. The third-order valence-corrected chi connectivity index (χ3v) is 5.16. The molecule has 0 saturated heterocycles. The van der Waals surface area contributed by atoms with E-state index in [9.17, 15) is 12.8 Å². The van der Waals surface area contributed by atoms with Gasteiger partial charge in [-0.1, -0.05) is 6.07 Å². The standard InChI is InChI=1S/C13H16FNO2S2/c1-15-11(5-6-19(2,16)17)13-7-9-3-4-10(14)8-12(9)18-13/h3-4,7-8,11,15H,5-6H2,1-2H3. The molecule has 0 amide bonds. The molecule has 6 heteroatoms. The number of hydrogen-bond acceptors (Lipinski definition) is 4. The number of thiophene rings is 1. The van der Waals surface area contributed by atoms with E-state index in [0.29, 0.717) is 6.42 Å². The van der Waals surface area contributed by atoms with Crippen molar-refractivity contribution >= 4 is 31.3 Å². The Labute approximate surface area is 116 Å². The highest BCUT2D eigenvalue weighted by Crippen LogP contribution is 2.31. The monoisotopic (exact) mass is 301 g/mol. The van der Waals surface area contributed by atoms with Gasteiger partial charge in [0.1, 0.15) is 15.7 Å². The Balaban J connectivity index is 2.25. The molecule has 104 valence electrons. The highest BCUT2D eigenvalue weighted by molar-refractivity contribution is 7.90. The van der Waals surface area contributed by atoms with Crippen molar-refractivity contribution in [3.63, 3.8) is 0 Å². The van der Waals surface area contributed by atoms with Crippen LogP contribution in [0.5, 0.6) is 0 Å². The summed E-state index contributed by atoms with van der Waals surface area (Å²) in [5.41, 5.74) is 0. The smallest absolute Gasteiger partial charge is 0.147 e. The van der Waals surface area contributed by atoms with Gasteiger partial charge in [0, 0.05) is 21.9 Å². The van der Waals surface area contributed by atoms with E-state index in [-0.39, 0.29) is 17.6 Å². The highest BCUT2D eigenvalue weighted by Gasteiger charge is 2.15. The van der Waals surface area contributed by atoms with Crippen LogP contribution in [0.2, 0.25) is 0 Å². The molecule has 1 atom stereocenters. The van der Waals surface area contributed by atoms with Gasteiger partial charge in [-0.05, 0) is 37.1 Å². The lowest BCUT2D eigenvalue weighted by Crippen LogP contribution is -2.18. The second-order valence-electron chi connectivity index (χ2n) is 4.59. The number of benzene rings is 1. The van der Waals surface area contributed by atoms with Crippen LogP contribution in [0, 0.1) is 5.82 Å². The molecular weight excluding hydrogens is 285 g/mol. The van der Waals surface area contributed by atoms with Crippen LogP contribution >= 0.6 is 11.3 Å². The van der Waals surface area contributed by atoms with E-state index in [2.05, 4.69) is 5.32 Å². The molecule has 1 heterocycles. The first-order valence-electron chi connectivity index (χ1n) is 5.93. The van der Waals surface area contributed by atoms with E-state index >= 15 is 0 Å². The molecule has 0 aliphatic carbocycles. The van der Waals surface area contributed by atoms with Gasteiger partial charge in [0.05, 0.1) is 5.75 Å². The van der Waals surface area contributed by atoms with Crippen LogP contribution in [-0.2, 0) is 9.84 Å². The molecule has 0 radical (unpaired) electrons. The Bertz CT molecular complexity index is 679. The van der Waals surface area contributed by atoms with Crippen molar-refractivity contribution in [1.82, 2.24) is 5.32 Å². The van der Waals surface area contributed by atoms with Crippen LogP contribution in [0.3, 0.4) is 0 Å². The summed E-state index contributed by atoms with van der Waals surface area (Å²) in [4.78, 5) is 1.03. The summed E-state index contributed by atoms with van der Waals surface area (Å²) in [6, 6.07) is 6.66. The fraction of sp³-hybridized carbons (Fsp3) is 0.385. The molecule has 1 aromatic carbocycles. The van der Waals surface area contributed by atoms with Gasteiger partial charge in [-0.15, -0.1) is 11.3 Å². The Morgan fingerprint density at radius 3 is 2.74 bits per heavy atom. The first-order chi connectivity index (χ1) is 8.89. The average molecular weight is 301 g/mol. The lowest BCUT2D eigenvalue weighted by atomic mass is 10.1. The van der Waals surface area contributed by atoms with Crippen LogP contribution in [0.25, 0.3) is 10.1 Å². The van der Waals surface area contributed by atoms with Crippen molar-refractivity contribution in [2.24, 2.45) is 0 Å². The number of nitrogens with one attached hydrogen (secondary N) is 1. The van der Waals surface area contributed by atoms with Crippen molar-refractivity contribution in [3.05, 3.63) is 35.0 Å². The van der Waals surface area contributed by atoms with Gasteiger partial charge in [0.25, 0.3) is 0 Å². The molecule has 0 aliphatic rings. The Hall–Kier alpha value is -0.980. The quantitative estimate of drug-likeness (QED) is 0.923. The zero-order chi connectivity index (χ0) is 14.0. The molecule has 2 aromatic rings. The van der Waals surface area contributed by atoms with Crippen LogP contribution in [0.1, 0.15) is 17.3 Å². The molecule has 1 aromatic heterocycles. The summed E-state index contributed by atoms with van der Waals surface area (Å²) in [5.74, 6) is -0.112. The largest absolute Gasteiger partial charge is 0.312 e. The highest BCUT2D eigenvalue weighted by atomic mass is 32.2.